The summed E-state index contributed by atoms with van der Waals surface area (Å²) < 4.78 is 0. The van der Waals surface area contributed by atoms with Gasteiger partial charge in [0.15, 0.2) is 0 Å². The molecule has 1 aliphatic rings. The highest BCUT2D eigenvalue weighted by molar-refractivity contribution is 6.36. The summed E-state index contributed by atoms with van der Waals surface area (Å²) in [5.74, 6) is 0.967. The molecule has 1 aromatic rings. The fourth-order valence-electron chi connectivity index (χ4n) is 1.94. The van der Waals surface area contributed by atoms with Crippen molar-refractivity contribution in [2.75, 3.05) is 18.0 Å². The fourth-order valence-corrected chi connectivity index (χ4v) is 1.94. The van der Waals surface area contributed by atoms with E-state index in [1.54, 1.807) is 6.20 Å². The Morgan fingerprint density at radius 3 is 2.93 bits per heavy atom. The summed E-state index contributed by atoms with van der Waals surface area (Å²) in [5.41, 5.74) is 0.939. The largest absolute Gasteiger partial charge is 0.392 e. The molecule has 2 heterocycles. The topological polar surface area (TPSA) is 36.4 Å². The average Bonchev–Trinajstić information content (AvgIpc) is 2.30. The van der Waals surface area contributed by atoms with Gasteiger partial charge in [0.25, 0.3) is 0 Å². The molecule has 1 fully saturated rings. The number of pyridine rings is 1. The zero-order valence-corrected chi connectivity index (χ0v) is 8.32. The Morgan fingerprint density at radius 2 is 2.21 bits per heavy atom. The number of rotatable bonds is 2. The van der Waals surface area contributed by atoms with Crippen molar-refractivity contribution in [3.05, 3.63) is 23.9 Å². The van der Waals surface area contributed by atoms with Gasteiger partial charge in [0.2, 0.25) is 0 Å². The fraction of sp³-hybridized carbons (Fsp3) is 0.500. The third-order valence-corrected chi connectivity index (χ3v) is 2.69. The van der Waals surface area contributed by atoms with Gasteiger partial charge in [0.05, 0.1) is 6.61 Å². The summed E-state index contributed by atoms with van der Waals surface area (Å²) in [6.45, 7) is 2.23. The van der Waals surface area contributed by atoms with Gasteiger partial charge in [-0.2, -0.15) is 0 Å². The number of aliphatic hydroxyl groups is 1. The number of hydrogen-bond acceptors (Lipinski definition) is 3. The summed E-state index contributed by atoms with van der Waals surface area (Å²) >= 11 is 0. The van der Waals surface area contributed by atoms with Crippen LogP contribution in [0.25, 0.3) is 0 Å². The van der Waals surface area contributed by atoms with Gasteiger partial charge in [0.1, 0.15) is 13.1 Å². The summed E-state index contributed by atoms with van der Waals surface area (Å²) in [4.78, 5) is 6.61. The summed E-state index contributed by atoms with van der Waals surface area (Å²) in [5, 5.41) is 9.18. The van der Waals surface area contributed by atoms with Crippen LogP contribution >= 0.6 is 0 Å². The van der Waals surface area contributed by atoms with Crippen molar-refractivity contribution in [3.8, 4) is 0 Å². The summed E-state index contributed by atoms with van der Waals surface area (Å²) in [7, 11) is 1.32. The molecule has 3 nitrogen and oxygen atoms in total. The van der Waals surface area contributed by atoms with Crippen LogP contribution in [0, 0.1) is 0 Å². The smallest absolute Gasteiger partial charge is 0.133 e. The minimum atomic E-state index is 0.0830. The second kappa shape index (κ2) is 4.46. The highest BCUT2D eigenvalue weighted by Gasteiger charge is 2.15. The van der Waals surface area contributed by atoms with E-state index in [1.807, 2.05) is 12.1 Å². The van der Waals surface area contributed by atoms with E-state index in [0.717, 1.165) is 24.5 Å². The molecule has 14 heavy (non-hydrogen) atoms. The van der Waals surface area contributed by atoms with Gasteiger partial charge in [-0.15, -0.1) is 0 Å². The lowest BCUT2D eigenvalue weighted by atomic mass is 9.68. The highest BCUT2D eigenvalue weighted by atomic mass is 16.3. The third-order valence-electron chi connectivity index (χ3n) is 2.69. The lowest BCUT2D eigenvalue weighted by Crippen LogP contribution is -2.32. The summed E-state index contributed by atoms with van der Waals surface area (Å²) in [6, 6.07) is 3.82. The van der Waals surface area contributed by atoms with Crippen LogP contribution in [0.15, 0.2) is 18.3 Å². The molecule has 1 saturated heterocycles. The molecule has 1 aromatic heterocycles. The Morgan fingerprint density at radius 1 is 1.43 bits per heavy atom. The Labute approximate surface area is 85.0 Å². The normalized spacial score (nSPS) is 16.5. The monoisotopic (exact) mass is 190 g/mol. The van der Waals surface area contributed by atoms with Crippen molar-refractivity contribution in [1.82, 2.24) is 4.98 Å². The van der Waals surface area contributed by atoms with E-state index in [4.69, 9.17) is 0 Å². The zero-order chi connectivity index (χ0) is 9.80. The van der Waals surface area contributed by atoms with Crippen LogP contribution < -0.4 is 4.90 Å². The first-order valence-electron chi connectivity index (χ1n) is 5.21. The number of nitrogens with zero attached hydrogens (tertiary/aromatic N) is 2. The van der Waals surface area contributed by atoms with Crippen LogP contribution in [-0.4, -0.2) is 30.5 Å². The highest BCUT2D eigenvalue weighted by Crippen LogP contribution is 2.19. The molecule has 0 saturated carbocycles. The van der Waals surface area contributed by atoms with E-state index < -0.39 is 0 Å². The number of hydrogen-bond donors (Lipinski definition) is 1. The van der Waals surface area contributed by atoms with Crippen molar-refractivity contribution in [1.29, 1.82) is 0 Å². The van der Waals surface area contributed by atoms with Gasteiger partial charge >= 0.3 is 0 Å². The molecule has 1 aliphatic heterocycles. The maximum atomic E-state index is 9.18. The van der Waals surface area contributed by atoms with Gasteiger partial charge in [-0.3, -0.25) is 0 Å². The molecule has 74 valence electrons. The maximum absolute atomic E-state index is 9.18. The first kappa shape index (κ1) is 9.53. The van der Waals surface area contributed by atoms with E-state index in [1.165, 1.54) is 19.9 Å². The van der Waals surface area contributed by atoms with Crippen molar-refractivity contribution < 1.29 is 5.11 Å². The molecule has 0 atom stereocenters. The van der Waals surface area contributed by atoms with Gasteiger partial charge in [-0.05, 0) is 6.07 Å². The molecule has 0 spiro atoms. The SMILES string of the molecule is OCc1cccnc1N1CCBCC1. The van der Waals surface area contributed by atoms with Crippen molar-refractivity contribution in [2.45, 2.75) is 19.2 Å². The number of aromatic nitrogens is 1. The Hall–Kier alpha value is -1.03. The van der Waals surface area contributed by atoms with E-state index >= 15 is 0 Å². The van der Waals surface area contributed by atoms with E-state index in [2.05, 4.69) is 9.88 Å². The standard InChI is InChI=1S/C10H15BN2O/c14-8-9-2-1-5-12-10(9)13-6-3-11-4-7-13/h1-2,5,11,14H,3-4,6-8H2. The van der Waals surface area contributed by atoms with Crippen molar-refractivity contribution >= 4 is 13.1 Å². The van der Waals surface area contributed by atoms with Gasteiger partial charge in [-0.25, -0.2) is 4.98 Å². The Kier molecular flexibility index (Phi) is 3.04. The number of aliphatic hydroxyl groups excluding tert-OH is 1. The van der Waals surface area contributed by atoms with Gasteiger partial charge in [-0.1, -0.05) is 18.7 Å². The molecule has 0 bridgehead atoms. The van der Waals surface area contributed by atoms with Crippen LogP contribution in [0.3, 0.4) is 0 Å². The van der Waals surface area contributed by atoms with Crippen molar-refractivity contribution in [2.24, 2.45) is 0 Å². The van der Waals surface area contributed by atoms with Crippen LogP contribution in [0.5, 0.6) is 0 Å². The second-order valence-corrected chi connectivity index (χ2v) is 3.69. The molecule has 0 aliphatic carbocycles. The second-order valence-electron chi connectivity index (χ2n) is 3.69. The maximum Gasteiger partial charge on any atom is 0.133 e. The average molecular weight is 190 g/mol. The Bertz CT molecular complexity index is 300. The molecule has 1 N–H and O–H groups in total. The lowest BCUT2D eigenvalue weighted by molar-refractivity contribution is 0.281. The molecule has 0 radical (unpaired) electrons. The van der Waals surface area contributed by atoms with E-state index in [0.29, 0.717) is 0 Å². The predicted octanol–water partition coefficient (Wildman–Crippen LogP) is 0.667. The number of anilines is 1. The summed E-state index contributed by atoms with van der Waals surface area (Å²) in [6.07, 6.45) is 4.27. The first-order valence-corrected chi connectivity index (χ1v) is 5.21. The van der Waals surface area contributed by atoms with Crippen LogP contribution in [0.2, 0.25) is 12.6 Å². The molecule has 2 rings (SSSR count). The minimum absolute atomic E-state index is 0.0830. The van der Waals surface area contributed by atoms with E-state index in [9.17, 15) is 5.11 Å². The molecule has 0 amide bonds. The van der Waals surface area contributed by atoms with Crippen LogP contribution in [-0.2, 0) is 6.61 Å². The predicted molar refractivity (Wildman–Crippen MR) is 59.1 cm³/mol. The molecule has 4 heteroatoms. The minimum Gasteiger partial charge on any atom is -0.392 e. The van der Waals surface area contributed by atoms with Crippen LogP contribution in [0.4, 0.5) is 5.82 Å². The lowest BCUT2D eigenvalue weighted by Gasteiger charge is -2.28. The third kappa shape index (κ3) is 1.90. The molecule has 0 unspecified atom stereocenters. The van der Waals surface area contributed by atoms with Crippen molar-refractivity contribution in [3.63, 3.8) is 0 Å². The van der Waals surface area contributed by atoms with Crippen LogP contribution in [0.1, 0.15) is 5.56 Å². The van der Waals surface area contributed by atoms with Gasteiger partial charge < -0.3 is 10.0 Å². The Balaban J connectivity index is 2.20. The molecule has 0 aromatic carbocycles. The quantitative estimate of drug-likeness (QED) is 0.696. The van der Waals surface area contributed by atoms with Gasteiger partial charge in [0, 0.05) is 24.8 Å². The first-order chi connectivity index (χ1) is 6.92. The molecular weight excluding hydrogens is 175 g/mol. The molecular formula is C10H15BN2O. The zero-order valence-electron chi connectivity index (χ0n) is 8.32. The van der Waals surface area contributed by atoms with E-state index in [-0.39, 0.29) is 6.61 Å².